The van der Waals surface area contributed by atoms with Gasteiger partial charge in [-0.2, -0.15) is 9.90 Å². The van der Waals surface area contributed by atoms with Crippen LogP contribution >= 0.6 is 17.7 Å². The van der Waals surface area contributed by atoms with E-state index in [0.29, 0.717) is 0 Å². The molecule has 0 aliphatic carbocycles. The van der Waals surface area contributed by atoms with Crippen molar-refractivity contribution in [2.75, 3.05) is 0 Å². The summed E-state index contributed by atoms with van der Waals surface area (Å²) in [5.74, 6) is -2.46. The zero-order valence-corrected chi connectivity index (χ0v) is 19.5. The summed E-state index contributed by atoms with van der Waals surface area (Å²) in [4.78, 5) is 42.5. The van der Waals surface area contributed by atoms with Crippen molar-refractivity contribution in [3.05, 3.63) is 35.4 Å². The van der Waals surface area contributed by atoms with Crippen molar-refractivity contribution in [2.45, 2.75) is 0 Å². The fourth-order valence-corrected chi connectivity index (χ4v) is 0.856. The van der Waals surface area contributed by atoms with Gasteiger partial charge in [0.05, 0.1) is 11.1 Å². The summed E-state index contributed by atoms with van der Waals surface area (Å²) in [5.41, 5.74) is -0.380. The van der Waals surface area contributed by atoms with Gasteiger partial charge < -0.3 is 27.7 Å². The van der Waals surface area contributed by atoms with Crippen molar-refractivity contribution in [1.29, 1.82) is 0 Å². The van der Waals surface area contributed by atoms with Crippen LogP contribution in [0.15, 0.2) is 24.3 Å². The average molecular weight is 378 g/mol. The predicted molar refractivity (Wildman–Crippen MR) is 68.0 cm³/mol. The van der Waals surface area contributed by atoms with Gasteiger partial charge in [-0.05, 0) is 12.1 Å². The van der Waals surface area contributed by atoms with E-state index >= 15 is 0 Å². The number of benzene rings is 1. The van der Waals surface area contributed by atoms with Gasteiger partial charge in [0.25, 0.3) is 0 Å². The smallest absolute Gasteiger partial charge is 1.00 e. The van der Waals surface area contributed by atoms with E-state index in [9.17, 15) is 9.59 Å². The Morgan fingerprint density at radius 2 is 1.10 bits per heavy atom. The largest absolute Gasteiger partial charge is 1.00 e. The molecular weight excluding hydrogens is 364 g/mol. The van der Waals surface area contributed by atoms with Crippen molar-refractivity contribution in [3.8, 4) is 0 Å². The molecule has 1 unspecified atom stereocenters. The first kappa shape index (κ1) is 29.9. The van der Waals surface area contributed by atoms with Gasteiger partial charge in [-0.3, -0.25) is 0 Å². The second-order valence-corrected chi connectivity index (χ2v) is 3.70. The molecule has 0 saturated carbocycles. The van der Waals surface area contributed by atoms with Crippen LogP contribution in [0.1, 0.15) is 23.6 Å². The molecule has 0 saturated heterocycles. The molecule has 12 heteroatoms. The summed E-state index contributed by atoms with van der Waals surface area (Å²) in [6.07, 6.45) is 0. The topological polar surface area (TPSA) is 152 Å². The Kier molecular flexibility index (Phi) is 21.8. The maximum absolute atomic E-state index is 10.5. The first-order chi connectivity index (χ1) is 7.63. The summed E-state index contributed by atoms with van der Waals surface area (Å²) in [7, 11) is -4.64. The van der Waals surface area contributed by atoms with Gasteiger partial charge in [-0.1, -0.05) is 12.1 Å². The standard InChI is InChI=1S/C8H6O4.2K.H3O4P.H3P.2H/c9-7(10)5-3-1-2-4-6(5)8(11)12;;;1-5(2,3)4;;;/h1-4H,(H,9,10)(H,11,12);;;(H3,1,2,3,4);1H3;;/q;2*+1;;;2*-1. The van der Waals surface area contributed by atoms with E-state index in [1.54, 1.807) is 0 Å². The molecule has 0 bridgehead atoms. The quantitative estimate of drug-likeness (QED) is 0.252. The Morgan fingerprint density at radius 1 is 0.900 bits per heavy atom. The molecule has 5 N–H and O–H groups in total. The van der Waals surface area contributed by atoms with Crippen LogP contribution < -0.4 is 103 Å². The van der Waals surface area contributed by atoms with Crippen molar-refractivity contribution in [2.24, 2.45) is 0 Å². The van der Waals surface area contributed by atoms with E-state index in [1.165, 1.54) is 24.3 Å². The fraction of sp³-hybridized carbons (Fsp3) is 0. The molecule has 0 amide bonds. The molecule has 0 aliphatic rings. The molecule has 0 aliphatic heterocycles. The SMILES string of the molecule is O=C(O)c1ccccc1C(=O)O.O=P(O)(O)O.P.[H-].[H-].[K+].[K+]. The molecule has 0 heterocycles. The maximum atomic E-state index is 10.5. The van der Waals surface area contributed by atoms with Crippen molar-refractivity contribution < 1.29 is 145 Å². The minimum absolute atomic E-state index is 0. The number of carboxylic acid groups (broad SMARTS) is 2. The number of aromatic carboxylic acids is 2. The van der Waals surface area contributed by atoms with Crippen LogP contribution in [0.2, 0.25) is 0 Å². The van der Waals surface area contributed by atoms with Crippen LogP contribution in [-0.2, 0) is 4.57 Å². The summed E-state index contributed by atoms with van der Waals surface area (Å²) >= 11 is 0. The van der Waals surface area contributed by atoms with Crippen LogP contribution in [-0.4, -0.2) is 36.8 Å². The number of hydrogen-bond acceptors (Lipinski definition) is 3. The van der Waals surface area contributed by atoms with Gasteiger partial charge in [-0.25, -0.2) is 14.2 Å². The minimum atomic E-state index is -4.64. The van der Waals surface area contributed by atoms with Crippen LogP contribution in [0.25, 0.3) is 0 Å². The number of carboxylic acids is 2. The summed E-state index contributed by atoms with van der Waals surface area (Å²) < 4.78 is 8.88. The van der Waals surface area contributed by atoms with Gasteiger partial charge in [0.2, 0.25) is 0 Å². The molecular formula is C8H14K2O8P2. The molecule has 0 fully saturated rings. The Balaban J connectivity index is -0.0000000574. The molecule has 1 aromatic carbocycles. The molecule has 0 aromatic heterocycles. The molecule has 1 atom stereocenters. The number of hydrogen-bond donors (Lipinski definition) is 5. The Hall–Kier alpha value is 1.97. The second-order valence-electron chi connectivity index (χ2n) is 2.67. The Bertz CT molecular complexity index is 444. The van der Waals surface area contributed by atoms with E-state index in [1.807, 2.05) is 0 Å². The Labute approximate surface area is 206 Å². The van der Waals surface area contributed by atoms with E-state index < -0.39 is 19.8 Å². The number of phosphoric acid groups is 1. The minimum Gasteiger partial charge on any atom is -1.00 e. The third-order valence-electron chi connectivity index (χ3n) is 1.39. The molecule has 8 nitrogen and oxygen atoms in total. The Morgan fingerprint density at radius 3 is 1.25 bits per heavy atom. The van der Waals surface area contributed by atoms with Gasteiger partial charge in [-0.15, -0.1) is 0 Å². The van der Waals surface area contributed by atoms with Crippen molar-refractivity contribution >= 4 is 29.7 Å². The second kappa shape index (κ2) is 14.6. The molecule has 1 rings (SSSR count). The van der Waals surface area contributed by atoms with Crippen LogP contribution in [0.4, 0.5) is 0 Å². The van der Waals surface area contributed by atoms with Gasteiger partial charge >= 0.3 is 123 Å². The van der Waals surface area contributed by atoms with Crippen LogP contribution in [0.3, 0.4) is 0 Å². The first-order valence-corrected chi connectivity index (χ1v) is 5.53. The van der Waals surface area contributed by atoms with E-state index in [4.69, 9.17) is 29.5 Å². The van der Waals surface area contributed by atoms with Crippen LogP contribution in [0.5, 0.6) is 0 Å². The maximum Gasteiger partial charge on any atom is 1.00 e. The zero-order valence-electron chi connectivity index (χ0n) is 12.9. The molecule has 0 spiro atoms. The monoisotopic (exact) mass is 378 g/mol. The van der Waals surface area contributed by atoms with E-state index in [2.05, 4.69) is 0 Å². The van der Waals surface area contributed by atoms with E-state index in [0.717, 1.165) is 0 Å². The third-order valence-corrected chi connectivity index (χ3v) is 1.39. The molecule has 1 aromatic rings. The van der Waals surface area contributed by atoms with Crippen molar-refractivity contribution in [3.63, 3.8) is 0 Å². The normalized spacial score (nSPS) is 8.55. The van der Waals surface area contributed by atoms with Gasteiger partial charge in [0.15, 0.2) is 0 Å². The zero-order chi connectivity index (χ0) is 13.6. The summed E-state index contributed by atoms with van der Waals surface area (Å²) in [6.45, 7) is 0. The third kappa shape index (κ3) is 16.3. The molecule has 0 radical (unpaired) electrons. The summed E-state index contributed by atoms with van der Waals surface area (Å²) in [6, 6.07) is 5.48. The van der Waals surface area contributed by atoms with Gasteiger partial charge in [0, 0.05) is 0 Å². The van der Waals surface area contributed by atoms with Crippen LogP contribution in [0, 0.1) is 0 Å². The van der Waals surface area contributed by atoms with Gasteiger partial charge in [0.1, 0.15) is 0 Å². The van der Waals surface area contributed by atoms with E-state index in [-0.39, 0.29) is 127 Å². The summed E-state index contributed by atoms with van der Waals surface area (Å²) in [5, 5.41) is 17.1. The predicted octanol–water partition coefficient (Wildman–Crippen LogP) is -5.55. The fourth-order valence-electron chi connectivity index (χ4n) is 0.856. The number of rotatable bonds is 2. The molecule has 20 heavy (non-hydrogen) atoms. The van der Waals surface area contributed by atoms with Crippen molar-refractivity contribution in [1.82, 2.24) is 0 Å². The average Bonchev–Trinajstić information content (AvgIpc) is 2.15. The first-order valence-electron chi connectivity index (χ1n) is 3.97. The number of carbonyl (C=O) groups is 2. The molecule has 106 valence electrons.